The number of nitrogens with one attached hydrogen (secondary N) is 1. The number of hydrogen-bond acceptors (Lipinski definition) is 4. The van der Waals surface area contributed by atoms with Gasteiger partial charge in [0.05, 0.1) is 6.04 Å². The maximum absolute atomic E-state index is 9.03. The lowest BCUT2D eigenvalue weighted by Crippen LogP contribution is -2.40. The molecule has 1 aliphatic heterocycles. The summed E-state index contributed by atoms with van der Waals surface area (Å²) in [6, 6.07) is 0.292. The number of rotatable bonds is 1. The second kappa shape index (κ2) is 2.44. The van der Waals surface area contributed by atoms with Crippen LogP contribution in [0.5, 0.6) is 0 Å². The zero-order chi connectivity index (χ0) is 8.18. The van der Waals surface area contributed by atoms with E-state index in [-0.39, 0.29) is 4.08 Å². The predicted molar refractivity (Wildman–Crippen MR) is 52.5 cm³/mol. The Morgan fingerprint density at radius 1 is 1.50 bits per heavy atom. The van der Waals surface area contributed by atoms with E-state index in [9.17, 15) is 0 Å². The quantitative estimate of drug-likeness (QED) is 0.497. The van der Waals surface area contributed by atoms with Crippen molar-refractivity contribution in [2.24, 2.45) is 5.92 Å². The lowest BCUT2D eigenvalue weighted by molar-refractivity contribution is 0.126. The van der Waals surface area contributed by atoms with Gasteiger partial charge in [0.15, 0.2) is 0 Å². The van der Waals surface area contributed by atoms with E-state index >= 15 is 0 Å². The topological polar surface area (TPSA) is 32.3 Å². The van der Waals surface area contributed by atoms with Gasteiger partial charge in [-0.2, -0.15) is 5.48 Å². The van der Waals surface area contributed by atoms with Crippen LogP contribution in [-0.4, -0.2) is 26.8 Å². The average molecular weight is 201 g/mol. The predicted octanol–water partition coefficient (Wildman–Crippen LogP) is 1.47. The molecule has 2 fully saturated rings. The molecule has 1 spiro atoms. The van der Waals surface area contributed by atoms with Gasteiger partial charge in [-0.25, -0.2) is 0 Å². The van der Waals surface area contributed by atoms with Gasteiger partial charge in [-0.3, -0.25) is 0 Å². The van der Waals surface area contributed by atoms with Crippen molar-refractivity contribution in [1.82, 2.24) is 5.48 Å². The Balaban J connectivity index is 1.93. The molecule has 3 aliphatic rings. The monoisotopic (exact) mass is 201 g/mol. The smallest absolute Gasteiger partial charge is 0.100 e. The molecule has 0 amide bonds. The Labute approximate surface area is 80.1 Å². The molecule has 1 saturated carbocycles. The second-order valence-electron chi connectivity index (χ2n) is 3.51. The van der Waals surface area contributed by atoms with Gasteiger partial charge < -0.3 is 5.21 Å². The van der Waals surface area contributed by atoms with Crippen molar-refractivity contribution >= 4 is 23.5 Å². The van der Waals surface area contributed by atoms with Crippen LogP contribution in [0, 0.1) is 5.92 Å². The third-order valence-corrected chi connectivity index (χ3v) is 6.57. The summed E-state index contributed by atoms with van der Waals surface area (Å²) < 4.78 is 0.222. The van der Waals surface area contributed by atoms with Crippen LogP contribution in [0.2, 0.25) is 0 Å². The fraction of sp³-hybridized carbons (Fsp3) is 0.750. The third kappa shape index (κ3) is 0.816. The molecule has 1 unspecified atom stereocenters. The van der Waals surface area contributed by atoms with Crippen molar-refractivity contribution in [3.63, 3.8) is 0 Å². The fourth-order valence-electron chi connectivity index (χ4n) is 2.28. The van der Waals surface area contributed by atoms with Crippen molar-refractivity contribution in [2.75, 3.05) is 11.5 Å². The highest BCUT2D eigenvalue weighted by Crippen LogP contribution is 2.64. The Morgan fingerprint density at radius 3 is 2.92 bits per heavy atom. The van der Waals surface area contributed by atoms with E-state index in [2.05, 4.69) is 11.6 Å². The zero-order valence-corrected chi connectivity index (χ0v) is 8.25. The lowest BCUT2D eigenvalue weighted by Gasteiger charge is -2.28. The van der Waals surface area contributed by atoms with Crippen LogP contribution in [0.25, 0.3) is 0 Å². The fourth-order valence-corrected chi connectivity index (χ4v) is 5.86. The molecule has 0 aromatic rings. The summed E-state index contributed by atoms with van der Waals surface area (Å²) in [5, 5.41) is 9.03. The van der Waals surface area contributed by atoms with E-state index in [1.54, 1.807) is 5.57 Å². The molecule has 0 aromatic carbocycles. The van der Waals surface area contributed by atoms with Gasteiger partial charge in [-0.15, -0.1) is 23.5 Å². The molecule has 3 rings (SSSR count). The third-order valence-electron chi connectivity index (χ3n) is 2.89. The molecule has 2 atom stereocenters. The van der Waals surface area contributed by atoms with Crippen molar-refractivity contribution in [1.29, 1.82) is 0 Å². The maximum Gasteiger partial charge on any atom is 0.100 e. The first-order chi connectivity index (χ1) is 5.87. The minimum absolute atomic E-state index is 0.222. The van der Waals surface area contributed by atoms with Crippen molar-refractivity contribution < 1.29 is 5.21 Å². The van der Waals surface area contributed by atoms with Gasteiger partial charge in [0.25, 0.3) is 0 Å². The summed E-state index contributed by atoms with van der Waals surface area (Å²) in [6.07, 6.45) is 3.46. The van der Waals surface area contributed by atoms with Crippen molar-refractivity contribution in [3.05, 3.63) is 11.6 Å². The number of allylic oxidation sites excluding steroid dienone is 1. The molecule has 66 valence electrons. The van der Waals surface area contributed by atoms with E-state index in [0.29, 0.717) is 12.0 Å². The first kappa shape index (κ1) is 7.74. The average Bonchev–Trinajstić information content (AvgIpc) is 2.60. The van der Waals surface area contributed by atoms with Crippen molar-refractivity contribution in [3.8, 4) is 0 Å². The summed E-state index contributed by atoms with van der Waals surface area (Å²) in [6.45, 7) is 0. The van der Waals surface area contributed by atoms with E-state index < -0.39 is 0 Å². The lowest BCUT2D eigenvalue weighted by atomic mass is 10.2. The van der Waals surface area contributed by atoms with E-state index in [0.717, 1.165) is 6.42 Å². The number of fused-ring (bicyclic) bond motifs is 2. The van der Waals surface area contributed by atoms with Gasteiger partial charge >= 0.3 is 0 Å². The molecule has 0 radical (unpaired) electrons. The van der Waals surface area contributed by atoms with Gasteiger partial charge in [0.2, 0.25) is 0 Å². The minimum Gasteiger partial charge on any atom is -0.316 e. The van der Waals surface area contributed by atoms with Crippen LogP contribution in [0.1, 0.15) is 6.42 Å². The Hall–Kier alpha value is 0.360. The number of hydrogen-bond donors (Lipinski definition) is 2. The molecule has 2 N–H and O–H groups in total. The van der Waals surface area contributed by atoms with Gasteiger partial charge in [-0.1, -0.05) is 6.08 Å². The molecule has 1 saturated heterocycles. The van der Waals surface area contributed by atoms with Gasteiger partial charge in [-0.05, 0) is 12.0 Å². The van der Waals surface area contributed by atoms with Crippen LogP contribution in [0.4, 0.5) is 0 Å². The standard InChI is InChI=1S/C8H11NOS2/c10-9-7-4-5-3-6(5)8(7)11-1-2-12-8/h3,5,7,9-10H,1-2,4H2/t5-,7?/m1/s1. The maximum atomic E-state index is 9.03. The van der Waals surface area contributed by atoms with Crippen LogP contribution >= 0.6 is 23.5 Å². The Morgan fingerprint density at radius 2 is 2.25 bits per heavy atom. The molecular weight excluding hydrogens is 190 g/mol. The van der Waals surface area contributed by atoms with E-state index in [1.807, 2.05) is 23.5 Å². The van der Waals surface area contributed by atoms with Gasteiger partial charge in [0.1, 0.15) is 4.08 Å². The van der Waals surface area contributed by atoms with Crippen molar-refractivity contribution in [2.45, 2.75) is 16.5 Å². The first-order valence-corrected chi connectivity index (χ1v) is 6.23. The summed E-state index contributed by atoms with van der Waals surface area (Å²) in [7, 11) is 0. The highest BCUT2D eigenvalue weighted by atomic mass is 32.2. The molecule has 1 heterocycles. The molecule has 0 bridgehead atoms. The number of hydroxylamine groups is 1. The van der Waals surface area contributed by atoms with Gasteiger partial charge in [0, 0.05) is 17.4 Å². The molecule has 2 aliphatic carbocycles. The van der Waals surface area contributed by atoms with Crippen LogP contribution in [0.3, 0.4) is 0 Å². The molecule has 12 heavy (non-hydrogen) atoms. The highest BCUT2D eigenvalue weighted by molar-refractivity contribution is 8.21. The summed E-state index contributed by atoms with van der Waals surface area (Å²) in [5.41, 5.74) is 4.06. The number of thioether (sulfide) groups is 2. The van der Waals surface area contributed by atoms with E-state index in [1.165, 1.54) is 11.5 Å². The second-order valence-corrected chi connectivity index (χ2v) is 6.45. The largest absolute Gasteiger partial charge is 0.316 e. The SMILES string of the molecule is ONC1C[C@H]2C=C2C12SCCS2. The summed E-state index contributed by atoms with van der Waals surface area (Å²) in [5.74, 6) is 3.17. The first-order valence-electron chi connectivity index (χ1n) is 4.26. The minimum atomic E-state index is 0.222. The highest BCUT2D eigenvalue weighted by Gasteiger charge is 2.58. The van der Waals surface area contributed by atoms with E-state index in [4.69, 9.17) is 5.21 Å². The molecular formula is C8H11NOS2. The Bertz CT molecular complexity index is 247. The van der Waals surface area contributed by atoms with Crippen LogP contribution in [0.15, 0.2) is 11.6 Å². The summed E-state index contributed by atoms with van der Waals surface area (Å²) >= 11 is 4.01. The zero-order valence-electron chi connectivity index (χ0n) is 6.62. The molecule has 4 heteroatoms. The van der Waals surface area contributed by atoms with Crippen LogP contribution in [-0.2, 0) is 0 Å². The normalized spacial score (nSPS) is 41.6. The van der Waals surface area contributed by atoms with Crippen LogP contribution < -0.4 is 5.48 Å². The summed E-state index contributed by atoms with van der Waals surface area (Å²) in [4.78, 5) is 0. The molecule has 0 aromatic heterocycles. The molecule has 2 nitrogen and oxygen atoms in total. The Kier molecular flexibility index (Phi) is 1.57.